The first-order valence-electron chi connectivity index (χ1n) is 8.18. The Balaban J connectivity index is 1.57. The second-order valence-electron chi connectivity index (χ2n) is 6.40. The number of aromatic amines is 1. The lowest BCUT2D eigenvalue weighted by Gasteiger charge is -2.18. The lowest BCUT2D eigenvalue weighted by Crippen LogP contribution is -2.39. The van der Waals surface area contributed by atoms with Crippen molar-refractivity contribution in [2.45, 2.75) is 32.7 Å². The normalized spacial score (nSPS) is 18.7. The van der Waals surface area contributed by atoms with Gasteiger partial charge in [-0.05, 0) is 31.4 Å². The first-order chi connectivity index (χ1) is 11.5. The van der Waals surface area contributed by atoms with E-state index in [1.807, 2.05) is 19.1 Å². The Morgan fingerprint density at radius 2 is 2.25 bits per heavy atom. The molecule has 2 amide bonds. The Kier molecular flexibility index (Phi) is 4.64. The smallest absolute Gasteiger partial charge is 0.227 e. The van der Waals surface area contributed by atoms with Crippen LogP contribution in [0.3, 0.4) is 0 Å². The van der Waals surface area contributed by atoms with Crippen molar-refractivity contribution in [3.05, 3.63) is 47.8 Å². The van der Waals surface area contributed by atoms with E-state index >= 15 is 0 Å². The molecule has 24 heavy (non-hydrogen) atoms. The van der Waals surface area contributed by atoms with Crippen molar-refractivity contribution < 1.29 is 9.59 Å². The molecule has 1 saturated heterocycles. The van der Waals surface area contributed by atoms with Crippen LogP contribution in [0.1, 0.15) is 24.5 Å². The first-order valence-corrected chi connectivity index (χ1v) is 8.18. The third kappa shape index (κ3) is 3.48. The molecule has 0 bridgehead atoms. The molecule has 3 rings (SSSR count). The summed E-state index contributed by atoms with van der Waals surface area (Å²) in [6.07, 6.45) is 4.29. The van der Waals surface area contributed by atoms with Crippen molar-refractivity contribution in [1.82, 2.24) is 15.5 Å². The minimum absolute atomic E-state index is 0.0247. The number of rotatable bonds is 5. The van der Waals surface area contributed by atoms with E-state index in [4.69, 9.17) is 0 Å². The van der Waals surface area contributed by atoms with E-state index in [1.54, 1.807) is 17.3 Å². The molecule has 0 unspecified atom stereocenters. The number of carbonyl (C=O) groups is 2. The van der Waals surface area contributed by atoms with Crippen LogP contribution in [0.2, 0.25) is 0 Å². The highest BCUT2D eigenvalue weighted by atomic mass is 16.2. The van der Waals surface area contributed by atoms with Crippen molar-refractivity contribution in [2.75, 3.05) is 11.4 Å². The van der Waals surface area contributed by atoms with Gasteiger partial charge in [-0.15, -0.1) is 0 Å². The third-order valence-corrected chi connectivity index (χ3v) is 4.47. The number of anilines is 1. The Bertz CT molecular complexity index is 726. The highest BCUT2D eigenvalue weighted by Gasteiger charge is 2.35. The molecule has 0 spiro atoms. The van der Waals surface area contributed by atoms with Gasteiger partial charge in [0.15, 0.2) is 0 Å². The molecule has 2 aromatic rings. The molecule has 1 aromatic carbocycles. The minimum Gasteiger partial charge on any atom is -0.353 e. The molecule has 2 heterocycles. The predicted octanol–water partition coefficient (Wildman–Crippen LogP) is 1.82. The zero-order valence-corrected chi connectivity index (χ0v) is 14.0. The summed E-state index contributed by atoms with van der Waals surface area (Å²) in [7, 11) is 0. The standard InChI is InChI=1S/C18H22N4O2/c1-12-5-3-4-6-14(12)7-13(2)21-18(24)15-8-17(23)22(11-15)16-9-19-20-10-16/h3-6,9-10,13,15H,7-8,11H2,1-2H3,(H,19,20)(H,21,24)/t13-,15-/m1/s1. The number of nitrogens with zero attached hydrogens (tertiary/aromatic N) is 2. The number of nitrogens with one attached hydrogen (secondary N) is 2. The molecule has 1 fully saturated rings. The molecule has 1 aliphatic rings. The Morgan fingerprint density at radius 1 is 1.46 bits per heavy atom. The number of amides is 2. The van der Waals surface area contributed by atoms with Crippen LogP contribution in [0.5, 0.6) is 0 Å². The summed E-state index contributed by atoms with van der Waals surface area (Å²) in [6.45, 7) is 4.47. The summed E-state index contributed by atoms with van der Waals surface area (Å²) in [5, 5.41) is 9.59. The average molecular weight is 326 g/mol. The van der Waals surface area contributed by atoms with Gasteiger partial charge < -0.3 is 10.2 Å². The summed E-state index contributed by atoms with van der Waals surface area (Å²) in [5.41, 5.74) is 3.16. The molecule has 1 aliphatic heterocycles. The van der Waals surface area contributed by atoms with Crippen molar-refractivity contribution in [2.24, 2.45) is 5.92 Å². The molecule has 1 aromatic heterocycles. The van der Waals surface area contributed by atoms with Gasteiger partial charge in [0, 0.05) is 25.2 Å². The molecule has 6 heteroatoms. The molecule has 0 saturated carbocycles. The number of aromatic nitrogens is 2. The molecule has 0 aliphatic carbocycles. The number of hydrogen-bond acceptors (Lipinski definition) is 3. The monoisotopic (exact) mass is 326 g/mol. The van der Waals surface area contributed by atoms with Gasteiger partial charge in [-0.1, -0.05) is 24.3 Å². The summed E-state index contributed by atoms with van der Waals surface area (Å²) in [5.74, 6) is -0.412. The van der Waals surface area contributed by atoms with Gasteiger partial charge in [-0.25, -0.2) is 0 Å². The Labute approximate surface area is 141 Å². The fourth-order valence-corrected chi connectivity index (χ4v) is 3.11. The van der Waals surface area contributed by atoms with Gasteiger partial charge in [0.05, 0.1) is 17.8 Å². The van der Waals surface area contributed by atoms with Crippen molar-refractivity contribution in [3.63, 3.8) is 0 Å². The van der Waals surface area contributed by atoms with Crippen LogP contribution in [0.25, 0.3) is 0 Å². The second-order valence-corrected chi connectivity index (χ2v) is 6.40. The van der Waals surface area contributed by atoms with E-state index in [1.165, 1.54) is 11.1 Å². The lowest BCUT2D eigenvalue weighted by molar-refractivity contribution is -0.126. The van der Waals surface area contributed by atoms with E-state index < -0.39 is 0 Å². The summed E-state index contributed by atoms with van der Waals surface area (Å²) >= 11 is 0. The first kappa shape index (κ1) is 16.2. The van der Waals surface area contributed by atoms with Gasteiger partial charge in [-0.2, -0.15) is 5.10 Å². The minimum atomic E-state index is -0.313. The fraction of sp³-hybridized carbons (Fsp3) is 0.389. The Hall–Kier alpha value is -2.63. The number of H-pyrrole nitrogens is 1. The number of benzene rings is 1. The van der Waals surface area contributed by atoms with Crippen molar-refractivity contribution >= 4 is 17.5 Å². The van der Waals surface area contributed by atoms with Crippen LogP contribution >= 0.6 is 0 Å². The van der Waals surface area contributed by atoms with Gasteiger partial charge in [0.25, 0.3) is 0 Å². The molecular formula is C18H22N4O2. The molecule has 2 N–H and O–H groups in total. The summed E-state index contributed by atoms with van der Waals surface area (Å²) in [6, 6.07) is 8.20. The predicted molar refractivity (Wildman–Crippen MR) is 91.5 cm³/mol. The largest absolute Gasteiger partial charge is 0.353 e. The second kappa shape index (κ2) is 6.86. The highest BCUT2D eigenvalue weighted by molar-refractivity contribution is 6.00. The van der Waals surface area contributed by atoms with E-state index in [9.17, 15) is 9.59 Å². The SMILES string of the molecule is Cc1ccccc1C[C@@H](C)NC(=O)[C@@H]1CC(=O)N(c2cn[nH]c2)C1. The number of carbonyl (C=O) groups excluding carboxylic acids is 2. The van der Waals surface area contributed by atoms with Crippen LogP contribution in [0, 0.1) is 12.8 Å². The van der Waals surface area contributed by atoms with Gasteiger partial charge in [0.1, 0.15) is 0 Å². The van der Waals surface area contributed by atoms with Crippen LogP contribution < -0.4 is 10.2 Å². The van der Waals surface area contributed by atoms with Gasteiger partial charge in [0.2, 0.25) is 11.8 Å². The molecular weight excluding hydrogens is 304 g/mol. The van der Waals surface area contributed by atoms with Crippen molar-refractivity contribution in [1.29, 1.82) is 0 Å². The Morgan fingerprint density at radius 3 is 2.96 bits per heavy atom. The quantitative estimate of drug-likeness (QED) is 0.880. The van der Waals surface area contributed by atoms with Crippen LogP contribution in [-0.2, 0) is 16.0 Å². The number of aryl methyl sites for hydroxylation is 1. The van der Waals surface area contributed by atoms with E-state index in [2.05, 4.69) is 34.6 Å². The summed E-state index contributed by atoms with van der Waals surface area (Å²) < 4.78 is 0. The number of hydrogen-bond donors (Lipinski definition) is 2. The van der Waals surface area contributed by atoms with Crippen LogP contribution in [0.4, 0.5) is 5.69 Å². The highest BCUT2D eigenvalue weighted by Crippen LogP contribution is 2.24. The lowest BCUT2D eigenvalue weighted by atomic mass is 10.0. The van der Waals surface area contributed by atoms with Crippen molar-refractivity contribution in [3.8, 4) is 0 Å². The zero-order valence-electron chi connectivity index (χ0n) is 14.0. The van der Waals surface area contributed by atoms with E-state index in [0.29, 0.717) is 12.2 Å². The summed E-state index contributed by atoms with van der Waals surface area (Å²) in [4.78, 5) is 26.2. The topological polar surface area (TPSA) is 78.1 Å². The van der Waals surface area contributed by atoms with E-state index in [-0.39, 0.29) is 30.2 Å². The average Bonchev–Trinajstić information content (AvgIpc) is 3.18. The molecule has 0 radical (unpaired) electrons. The van der Waals surface area contributed by atoms with Crippen LogP contribution in [0.15, 0.2) is 36.7 Å². The maximum atomic E-state index is 12.5. The molecule has 2 atom stereocenters. The third-order valence-electron chi connectivity index (χ3n) is 4.47. The van der Waals surface area contributed by atoms with Crippen LogP contribution in [-0.4, -0.2) is 34.6 Å². The maximum Gasteiger partial charge on any atom is 0.227 e. The van der Waals surface area contributed by atoms with E-state index in [0.717, 1.165) is 6.42 Å². The fourth-order valence-electron chi connectivity index (χ4n) is 3.11. The van der Waals surface area contributed by atoms with Gasteiger partial charge >= 0.3 is 0 Å². The molecule has 6 nitrogen and oxygen atoms in total. The maximum absolute atomic E-state index is 12.5. The van der Waals surface area contributed by atoms with Gasteiger partial charge in [-0.3, -0.25) is 14.7 Å². The molecule has 126 valence electrons. The zero-order chi connectivity index (χ0) is 17.1.